The van der Waals surface area contributed by atoms with E-state index in [4.69, 9.17) is 11.6 Å². The lowest BCUT2D eigenvalue weighted by atomic mass is 10.1. The van der Waals surface area contributed by atoms with Gasteiger partial charge in [0.15, 0.2) is 0 Å². The smallest absolute Gasteiger partial charge is 0.253 e. The number of nitrogens with zero attached hydrogens (tertiary/aromatic N) is 3. The van der Waals surface area contributed by atoms with Crippen LogP contribution >= 0.6 is 11.6 Å². The predicted molar refractivity (Wildman–Crippen MR) is 126 cm³/mol. The summed E-state index contributed by atoms with van der Waals surface area (Å²) in [5.41, 5.74) is 3.64. The summed E-state index contributed by atoms with van der Waals surface area (Å²) in [7, 11) is -2.23. The van der Waals surface area contributed by atoms with E-state index in [0.29, 0.717) is 0 Å². The fraction of sp³-hybridized carbons (Fsp3) is 0.304. The van der Waals surface area contributed by atoms with Crippen molar-refractivity contribution in [3.8, 4) is 5.69 Å². The molecule has 0 aliphatic carbocycles. The average Bonchev–Trinajstić information content (AvgIpc) is 3.05. The van der Waals surface area contributed by atoms with Crippen LogP contribution in [0.25, 0.3) is 5.69 Å². The topological polar surface area (TPSA) is 84.3 Å². The quantitative estimate of drug-likeness (QED) is 0.558. The number of benzene rings is 2. The van der Waals surface area contributed by atoms with Crippen molar-refractivity contribution in [1.29, 1.82) is 0 Å². The predicted octanol–water partition coefficient (Wildman–Crippen LogP) is 4.10. The zero-order chi connectivity index (χ0) is 23.6. The fourth-order valence-electron chi connectivity index (χ4n) is 3.30. The number of amides is 1. The van der Waals surface area contributed by atoms with Crippen molar-refractivity contribution >= 4 is 27.5 Å². The number of hydrogen-bond donors (Lipinski definition) is 1. The molecule has 0 bridgehead atoms. The normalized spacial score (nSPS) is 11.9. The Morgan fingerprint density at radius 1 is 1.16 bits per heavy atom. The maximum Gasteiger partial charge on any atom is 0.253 e. The number of rotatable bonds is 7. The number of nitrogens with one attached hydrogen (secondary N) is 1. The number of halogens is 1. The zero-order valence-corrected chi connectivity index (χ0v) is 20.3. The highest BCUT2D eigenvalue weighted by molar-refractivity contribution is 7.89. The van der Waals surface area contributed by atoms with E-state index in [2.05, 4.69) is 10.4 Å². The summed E-state index contributed by atoms with van der Waals surface area (Å²) in [5, 5.41) is 7.62. The second-order valence-corrected chi connectivity index (χ2v) is 10.2. The van der Waals surface area contributed by atoms with Gasteiger partial charge in [0, 0.05) is 30.9 Å². The zero-order valence-electron chi connectivity index (χ0n) is 18.8. The Morgan fingerprint density at radius 2 is 1.81 bits per heavy atom. The van der Waals surface area contributed by atoms with E-state index in [0.717, 1.165) is 22.6 Å². The minimum absolute atomic E-state index is 0.0208. The Bertz CT molecular complexity index is 1240. The molecule has 0 atom stereocenters. The molecule has 3 aromatic rings. The standard InChI is InChI=1S/C23H27ClN4O3S/c1-15(2)27(5)32(30,31)19-11-12-22(24)20(13-19)23(29)25-14-21-16(3)26-28(17(21)4)18-9-7-6-8-10-18/h6-13,15H,14H2,1-5H3,(H,25,29). The van der Waals surface area contributed by atoms with Crippen LogP contribution in [-0.2, 0) is 16.6 Å². The minimum Gasteiger partial charge on any atom is -0.348 e. The Kier molecular flexibility index (Phi) is 7.07. The van der Waals surface area contributed by atoms with Crippen LogP contribution in [0, 0.1) is 13.8 Å². The number of carbonyl (C=O) groups is 1. The molecule has 0 unspecified atom stereocenters. The second-order valence-electron chi connectivity index (χ2n) is 7.84. The molecule has 0 aliphatic rings. The minimum atomic E-state index is -3.74. The van der Waals surface area contributed by atoms with Crippen LogP contribution in [0.15, 0.2) is 53.4 Å². The van der Waals surface area contributed by atoms with E-state index in [9.17, 15) is 13.2 Å². The molecule has 1 heterocycles. The van der Waals surface area contributed by atoms with Gasteiger partial charge < -0.3 is 5.32 Å². The van der Waals surface area contributed by atoms with Crippen LogP contribution in [0.2, 0.25) is 5.02 Å². The SMILES string of the molecule is Cc1nn(-c2ccccc2)c(C)c1CNC(=O)c1cc(S(=O)(=O)N(C)C(C)C)ccc1Cl. The Balaban J connectivity index is 1.84. The molecule has 2 aromatic carbocycles. The van der Waals surface area contributed by atoms with Crippen molar-refractivity contribution in [3.63, 3.8) is 0 Å². The molecule has 3 rings (SSSR count). The first-order valence-corrected chi connectivity index (χ1v) is 12.0. The molecule has 0 aliphatic heterocycles. The van der Waals surface area contributed by atoms with Crippen LogP contribution in [0.5, 0.6) is 0 Å². The molecule has 1 aromatic heterocycles. The Labute approximate surface area is 194 Å². The Hall–Kier alpha value is -2.68. The largest absolute Gasteiger partial charge is 0.348 e. The third-order valence-electron chi connectivity index (χ3n) is 5.45. The lowest BCUT2D eigenvalue weighted by molar-refractivity contribution is 0.0951. The van der Waals surface area contributed by atoms with Gasteiger partial charge in [-0.3, -0.25) is 4.79 Å². The van der Waals surface area contributed by atoms with E-state index in [-0.39, 0.29) is 28.1 Å². The number of hydrogen-bond acceptors (Lipinski definition) is 4. The maximum atomic E-state index is 12.9. The van der Waals surface area contributed by atoms with Crippen LogP contribution in [0.3, 0.4) is 0 Å². The van der Waals surface area contributed by atoms with Gasteiger partial charge >= 0.3 is 0 Å². The first kappa shape index (κ1) is 24.0. The number of aryl methyl sites for hydroxylation is 1. The molecule has 9 heteroatoms. The third-order valence-corrected chi connectivity index (χ3v) is 7.81. The van der Waals surface area contributed by atoms with Crippen molar-refractivity contribution < 1.29 is 13.2 Å². The summed E-state index contributed by atoms with van der Waals surface area (Å²) in [5.74, 6) is -0.453. The molecule has 0 radical (unpaired) electrons. The second kappa shape index (κ2) is 9.44. The number of carbonyl (C=O) groups excluding carboxylic acids is 1. The van der Waals surface area contributed by atoms with Gasteiger partial charge in [0.05, 0.1) is 26.9 Å². The molecule has 0 spiro atoms. The fourth-order valence-corrected chi connectivity index (χ4v) is 4.90. The number of sulfonamides is 1. The molecule has 1 N–H and O–H groups in total. The average molecular weight is 475 g/mol. The highest BCUT2D eigenvalue weighted by atomic mass is 35.5. The lowest BCUT2D eigenvalue weighted by Crippen LogP contribution is -2.33. The summed E-state index contributed by atoms with van der Waals surface area (Å²) < 4.78 is 28.7. The third kappa shape index (κ3) is 4.72. The van der Waals surface area contributed by atoms with Gasteiger partial charge in [-0.2, -0.15) is 9.40 Å². The van der Waals surface area contributed by atoms with E-state index in [1.54, 1.807) is 13.8 Å². The van der Waals surface area contributed by atoms with Crippen molar-refractivity contribution in [3.05, 3.63) is 76.1 Å². The lowest BCUT2D eigenvalue weighted by Gasteiger charge is -2.21. The van der Waals surface area contributed by atoms with Gasteiger partial charge in [0.1, 0.15) is 0 Å². The van der Waals surface area contributed by atoms with E-state index in [1.807, 2.05) is 48.9 Å². The van der Waals surface area contributed by atoms with Gasteiger partial charge in [0.25, 0.3) is 5.91 Å². The highest BCUT2D eigenvalue weighted by Gasteiger charge is 2.25. The molecule has 1 amide bonds. The van der Waals surface area contributed by atoms with Gasteiger partial charge in [-0.15, -0.1) is 0 Å². The molecule has 0 saturated heterocycles. The van der Waals surface area contributed by atoms with Crippen LogP contribution < -0.4 is 5.32 Å². The van der Waals surface area contributed by atoms with Crippen LogP contribution in [0.4, 0.5) is 0 Å². The van der Waals surface area contributed by atoms with Crippen LogP contribution in [-0.4, -0.2) is 41.5 Å². The van der Waals surface area contributed by atoms with Gasteiger partial charge in [-0.05, 0) is 58.0 Å². The molecular weight excluding hydrogens is 448 g/mol. The molecule has 170 valence electrons. The van der Waals surface area contributed by atoms with Crippen molar-refractivity contribution in [2.75, 3.05) is 7.05 Å². The molecule has 7 nitrogen and oxygen atoms in total. The first-order valence-electron chi connectivity index (χ1n) is 10.2. The van der Waals surface area contributed by atoms with Crippen molar-refractivity contribution in [2.45, 2.75) is 45.2 Å². The Morgan fingerprint density at radius 3 is 2.44 bits per heavy atom. The van der Waals surface area contributed by atoms with Crippen molar-refractivity contribution in [1.82, 2.24) is 19.4 Å². The number of para-hydroxylation sites is 1. The highest BCUT2D eigenvalue weighted by Crippen LogP contribution is 2.24. The molecule has 0 saturated carbocycles. The summed E-state index contributed by atoms with van der Waals surface area (Å²) in [6.45, 7) is 7.62. The number of aromatic nitrogens is 2. The van der Waals surface area contributed by atoms with E-state index >= 15 is 0 Å². The van der Waals surface area contributed by atoms with E-state index < -0.39 is 15.9 Å². The summed E-state index contributed by atoms with van der Waals surface area (Å²) in [4.78, 5) is 12.9. The van der Waals surface area contributed by atoms with E-state index in [1.165, 1.54) is 29.6 Å². The maximum absolute atomic E-state index is 12.9. The summed E-state index contributed by atoms with van der Waals surface area (Å²) >= 11 is 6.23. The van der Waals surface area contributed by atoms with Crippen molar-refractivity contribution in [2.24, 2.45) is 0 Å². The first-order chi connectivity index (χ1) is 15.0. The summed E-state index contributed by atoms with van der Waals surface area (Å²) in [6.07, 6.45) is 0. The van der Waals surface area contributed by atoms with Gasteiger partial charge in [-0.25, -0.2) is 13.1 Å². The van der Waals surface area contributed by atoms with Gasteiger partial charge in [0.2, 0.25) is 10.0 Å². The van der Waals surface area contributed by atoms with Crippen LogP contribution in [0.1, 0.15) is 41.2 Å². The summed E-state index contributed by atoms with van der Waals surface area (Å²) in [6, 6.07) is 13.7. The molecule has 32 heavy (non-hydrogen) atoms. The molecule has 0 fully saturated rings. The monoisotopic (exact) mass is 474 g/mol. The molecular formula is C23H27ClN4O3S. The van der Waals surface area contributed by atoms with Gasteiger partial charge in [-0.1, -0.05) is 29.8 Å².